The Labute approximate surface area is 405 Å². The van der Waals surface area contributed by atoms with Gasteiger partial charge in [-0.2, -0.15) is 0 Å². The molecule has 19 heteroatoms. The summed E-state index contributed by atoms with van der Waals surface area (Å²) in [6, 6.07) is 0. The molecule has 1 aliphatic rings. The van der Waals surface area contributed by atoms with Gasteiger partial charge in [-0.3, -0.25) is 23.2 Å². The van der Waals surface area contributed by atoms with E-state index in [1.165, 1.54) is 57.8 Å². The summed E-state index contributed by atoms with van der Waals surface area (Å²) in [6.07, 6.45) is 27.6. The number of esters is 2. The van der Waals surface area contributed by atoms with Crippen LogP contribution in [-0.4, -0.2) is 114 Å². The molecule has 0 aliphatic heterocycles. The van der Waals surface area contributed by atoms with E-state index in [9.17, 15) is 58.9 Å². The predicted molar refractivity (Wildman–Crippen MR) is 261 cm³/mol. The summed E-state index contributed by atoms with van der Waals surface area (Å²) in [6.45, 7) is 2.96. The minimum absolute atomic E-state index is 0.0847. The Kier molecular flexibility index (Phi) is 36.8. The predicted octanol–water partition coefficient (Wildman–Crippen LogP) is 8.81. The molecular weight excluding hydrogens is 922 g/mol. The Hall–Kier alpha value is -2.34. The highest BCUT2D eigenvalue weighted by molar-refractivity contribution is 7.47. The maximum Gasteiger partial charge on any atom is 0.472 e. The third-order valence-corrected chi connectivity index (χ3v) is 12.6. The molecule has 6 unspecified atom stereocenters. The molecule has 0 aromatic rings. The summed E-state index contributed by atoms with van der Waals surface area (Å²) >= 11 is 0. The average molecular weight is 1010 g/mol. The molecule has 1 fully saturated rings. The lowest BCUT2D eigenvalue weighted by molar-refractivity contribution is -0.216. The van der Waals surface area contributed by atoms with Gasteiger partial charge in [0.2, 0.25) is 0 Å². The molecule has 0 heterocycles. The van der Waals surface area contributed by atoms with Crippen LogP contribution in [0.3, 0.4) is 0 Å². The van der Waals surface area contributed by atoms with E-state index < -0.39 is 89.6 Å². The van der Waals surface area contributed by atoms with Gasteiger partial charge in [-0.1, -0.05) is 152 Å². The van der Waals surface area contributed by atoms with Crippen molar-refractivity contribution in [2.75, 3.05) is 13.2 Å². The van der Waals surface area contributed by atoms with Crippen molar-refractivity contribution in [1.29, 1.82) is 0 Å². The van der Waals surface area contributed by atoms with Crippen LogP contribution < -0.4 is 0 Å². The number of phosphoric acid groups is 2. The number of allylic oxidation sites excluding steroid dienone is 8. The molecule has 17 nitrogen and oxygen atoms in total. The first-order valence-corrected chi connectivity index (χ1v) is 28.0. The van der Waals surface area contributed by atoms with Crippen LogP contribution in [-0.2, 0) is 41.8 Å². The summed E-state index contributed by atoms with van der Waals surface area (Å²) < 4.78 is 49.3. The van der Waals surface area contributed by atoms with Gasteiger partial charge in [-0.25, -0.2) is 9.13 Å². The largest absolute Gasteiger partial charge is 0.472 e. The van der Waals surface area contributed by atoms with Crippen molar-refractivity contribution in [1.82, 2.24) is 0 Å². The maximum atomic E-state index is 13.0. The summed E-state index contributed by atoms with van der Waals surface area (Å²) in [5, 5.41) is 51.5. The number of carbonyl (C=O) groups is 2. The zero-order valence-electron chi connectivity index (χ0n) is 40.6. The van der Waals surface area contributed by atoms with Gasteiger partial charge in [-0.15, -0.1) is 0 Å². The van der Waals surface area contributed by atoms with Gasteiger partial charge < -0.3 is 49.7 Å². The van der Waals surface area contributed by atoms with Gasteiger partial charge in [0.15, 0.2) is 6.10 Å². The van der Waals surface area contributed by atoms with E-state index in [-0.39, 0.29) is 12.8 Å². The Morgan fingerprint density at radius 3 is 1.66 bits per heavy atom. The lowest BCUT2D eigenvalue weighted by Crippen LogP contribution is -2.64. The minimum atomic E-state index is -5.38. The second-order valence-electron chi connectivity index (χ2n) is 17.4. The zero-order chi connectivity index (χ0) is 50.5. The zero-order valence-corrected chi connectivity index (χ0v) is 42.4. The first kappa shape index (κ1) is 63.7. The number of aliphatic hydroxyl groups excluding tert-OH is 5. The normalized spacial score (nSPS) is 22.2. The van der Waals surface area contributed by atoms with Gasteiger partial charge in [0.05, 0.1) is 12.7 Å². The molecule has 68 heavy (non-hydrogen) atoms. The number of hydrogen-bond acceptors (Lipinski definition) is 14. The molecule has 0 saturated heterocycles. The van der Waals surface area contributed by atoms with E-state index in [0.717, 1.165) is 64.2 Å². The molecule has 9 atom stereocenters. The van der Waals surface area contributed by atoms with Crippen molar-refractivity contribution in [3.05, 3.63) is 60.8 Å². The number of rotatable bonds is 41. The molecule has 8 N–H and O–H groups in total. The quantitative estimate of drug-likeness (QED) is 0.00934. The fourth-order valence-corrected chi connectivity index (χ4v) is 8.75. The molecule has 0 aromatic carbocycles. The van der Waals surface area contributed by atoms with Crippen LogP contribution >= 0.6 is 15.6 Å². The van der Waals surface area contributed by atoms with Crippen molar-refractivity contribution in [2.24, 2.45) is 0 Å². The summed E-state index contributed by atoms with van der Waals surface area (Å²) in [5.41, 5.74) is 0. The first-order chi connectivity index (χ1) is 32.5. The van der Waals surface area contributed by atoms with Crippen LogP contribution in [0.5, 0.6) is 0 Å². The number of aliphatic hydroxyl groups is 5. The molecule has 0 radical (unpaired) electrons. The summed E-state index contributed by atoms with van der Waals surface area (Å²) in [7, 11) is -10.7. The Morgan fingerprint density at radius 1 is 0.544 bits per heavy atom. The van der Waals surface area contributed by atoms with Crippen LogP contribution in [0, 0.1) is 0 Å². The molecule has 0 spiro atoms. The molecule has 1 saturated carbocycles. The van der Waals surface area contributed by atoms with Crippen LogP contribution in [0.1, 0.15) is 174 Å². The third kappa shape index (κ3) is 33.3. The molecule has 1 aliphatic carbocycles. The topological polar surface area (TPSA) is 276 Å². The van der Waals surface area contributed by atoms with E-state index in [0.29, 0.717) is 25.7 Å². The van der Waals surface area contributed by atoms with Crippen LogP contribution in [0.25, 0.3) is 0 Å². The number of ether oxygens (including phenoxy) is 2. The van der Waals surface area contributed by atoms with Crippen molar-refractivity contribution in [3.63, 3.8) is 0 Å². The van der Waals surface area contributed by atoms with E-state index >= 15 is 0 Å². The van der Waals surface area contributed by atoms with Crippen molar-refractivity contribution in [2.45, 2.75) is 223 Å². The Balaban J connectivity index is 2.65. The average Bonchev–Trinajstić information content (AvgIpc) is 3.29. The summed E-state index contributed by atoms with van der Waals surface area (Å²) in [5.74, 6) is -1.34. The second kappa shape index (κ2) is 39.3. The lowest BCUT2D eigenvalue weighted by atomic mass is 9.85. The van der Waals surface area contributed by atoms with Gasteiger partial charge in [0, 0.05) is 12.8 Å². The van der Waals surface area contributed by atoms with Crippen LogP contribution in [0.15, 0.2) is 60.8 Å². The van der Waals surface area contributed by atoms with Crippen molar-refractivity contribution < 1.29 is 82.0 Å². The first-order valence-electron chi connectivity index (χ1n) is 24.9. The number of hydrogen-bond donors (Lipinski definition) is 8. The highest BCUT2D eigenvalue weighted by Gasteiger charge is 2.54. The maximum absolute atomic E-state index is 13.0. The van der Waals surface area contributed by atoms with E-state index in [1.807, 2.05) is 12.2 Å². The van der Waals surface area contributed by atoms with E-state index in [2.05, 4.69) is 42.7 Å². The van der Waals surface area contributed by atoms with Crippen molar-refractivity contribution in [3.8, 4) is 0 Å². The molecule has 0 aromatic heterocycles. The number of carbonyl (C=O) groups excluding carboxylic acids is 2. The van der Waals surface area contributed by atoms with E-state index in [1.54, 1.807) is 24.3 Å². The van der Waals surface area contributed by atoms with Gasteiger partial charge >= 0.3 is 27.6 Å². The number of unbranched alkanes of at least 4 members (excludes halogenated alkanes) is 17. The Morgan fingerprint density at radius 2 is 1.04 bits per heavy atom. The monoisotopic (exact) mass is 1010 g/mol. The highest BCUT2D eigenvalue weighted by Crippen LogP contribution is 2.49. The molecule has 0 bridgehead atoms. The number of phosphoric ester groups is 2. The second-order valence-corrected chi connectivity index (χ2v) is 20.0. The summed E-state index contributed by atoms with van der Waals surface area (Å²) in [4.78, 5) is 54.3. The fraction of sp³-hybridized carbons (Fsp3) is 0.755. The highest BCUT2D eigenvalue weighted by atomic mass is 31.2. The molecule has 394 valence electrons. The van der Waals surface area contributed by atoms with Gasteiger partial charge in [-0.05, 0) is 70.6 Å². The smallest absolute Gasteiger partial charge is 0.462 e. The molecule has 1 rings (SSSR count). The molecule has 0 amide bonds. The fourth-order valence-electron chi connectivity index (χ4n) is 7.21. The molecular formula is C49H86O17P2. The third-order valence-electron chi connectivity index (χ3n) is 11.1. The van der Waals surface area contributed by atoms with Crippen LogP contribution in [0.4, 0.5) is 0 Å². The van der Waals surface area contributed by atoms with Crippen LogP contribution in [0.2, 0.25) is 0 Å². The standard InChI is InChI=1S/C49H86O17P2/c1-3-5-7-9-11-13-14-15-16-17-18-19-20-22-24-28-32-36-42(51)62-38-41(39-63-68(60,61)66-49-46(55)44(53)45(54)48(47(49)56)65-67(57,58)59)64-43(52)37-33-29-25-27-31-35-40(50)34-30-26-23-21-12-10-8-6-4-2/h12,15-16,21,25-27,30-31,35,40-41,44-50,53-56H,3-11,13-14,17-20,22-24,28-29,32-34,36-39H2,1-2H3,(H,60,61)(H2,57,58,59)/b16-15-,21-12-,27-25+,30-26-,35-31-/t40?,41-,44?,45?,46?,47?,48-,49+/m1/s1. The van der Waals surface area contributed by atoms with Gasteiger partial charge in [0.1, 0.15) is 43.2 Å². The minimum Gasteiger partial charge on any atom is -0.462 e. The van der Waals surface area contributed by atoms with Crippen molar-refractivity contribution >= 4 is 27.6 Å². The van der Waals surface area contributed by atoms with E-state index in [4.69, 9.17) is 18.5 Å². The Bertz CT molecular complexity index is 1560. The SMILES string of the molecule is CCCCC/C=C\C/C=C\CC(O)/C=C\C=C\CCCC(=O)O[C@H](COC(=O)CCCCCCCCC/C=C\CCCCCCCC)COP(=O)(O)O[C@H]1C(O)C(O)C(O)[C@@H](OP(=O)(O)O)C1O. The lowest BCUT2D eigenvalue weighted by Gasteiger charge is -2.43. The van der Waals surface area contributed by atoms with Gasteiger partial charge in [0.25, 0.3) is 0 Å².